The first-order chi connectivity index (χ1) is 6.74. The van der Waals surface area contributed by atoms with E-state index in [1.165, 1.54) is 5.56 Å². The number of halogens is 1. The fourth-order valence-corrected chi connectivity index (χ4v) is 1.55. The standard InChI is InChI=1S/C11H13IO2/c1-9(11(13)14-8-12)7-10-5-3-2-4-6-10/h2-6,9H,7-8H2,1H3/t9-/m0/s1. The van der Waals surface area contributed by atoms with E-state index in [1.807, 2.05) is 59.8 Å². The SMILES string of the molecule is C[C@@H](Cc1ccccc1)C(=O)OCI. The summed E-state index contributed by atoms with van der Waals surface area (Å²) in [5.41, 5.74) is 1.17. The van der Waals surface area contributed by atoms with Gasteiger partial charge in [-0.25, -0.2) is 0 Å². The first kappa shape index (κ1) is 11.5. The zero-order chi connectivity index (χ0) is 10.4. The normalized spacial score (nSPS) is 12.1. The Morgan fingerprint density at radius 1 is 1.43 bits per heavy atom. The maximum absolute atomic E-state index is 11.3. The first-order valence-corrected chi connectivity index (χ1v) is 6.03. The fourth-order valence-electron chi connectivity index (χ4n) is 1.25. The Balaban J connectivity index is 2.49. The summed E-state index contributed by atoms with van der Waals surface area (Å²) in [5.74, 6) is -0.185. The highest BCUT2D eigenvalue weighted by molar-refractivity contribution is 14.1. The summed E-state index contributed by atoms with van der Waals surface area (Å²) in [6.07, 6.45) is 0.746. The van der Waals surface area contributed by atoms with E-state index in [-0.39, 0.29) is 11.9 Å². The highest BCUT2D eigenvalue weighted by Gasteiger charge is 2.13. The Morgan fingerprint density at radius 2 is 2.07 bits per heavy atom. The van der Waals surface area contributed by atoms with Crippen molar-refractivity contribution in [3.8, 4) is 0 Å². The zero-order valence-electron chi connectivity index (χ0n) is 8.07. The Labute approximate surface area is 97.8 Å². The van der Waals surface area contributed by atoms with Crippen LogP contribution < -0.4 is 0 Å². The minimum Gasteiger partial charge on any atom is -0.455 e. The molecule has 0 fully saturated rings. The summed E-state index contributed by atoms with van der Waals surface area (Å²) < 4.78 is 5.35. The highest BCUT2D eigenvalue weighted by atomic mass is 127. The predicted octanol–water partition coefficient (Wildman–Crippen LogP) is 2.80. The summed E-state index contributed by atoms with van der Waals surface area (Å²) in [6, 6.07) is 9.97. The lowest BCUT2D eigenvalue weighted by atomic mass is 10.0. The van der Waals surface area contributed by atoms with E-state index < -0.39 is 0 Å². The number of rotatable bonds is 4. The van der Waals surface area contributed by atoms with E-state index in [2.05, 4.69) is 0 Å². The van der Waals surface area contributed by atoms with Crippen molar-refractivity contribution in [1.82, 2.24) is 0 Å². The van der Waals surface area contributed by atoms with E-state index in [0.717, 1.165) is 6.42 Å². The molecule has 0 unspecified atom stereocenters. The Morgan fingerprint density at radius 3 is 2.64 bits per heavy atom. The lowest BCUT2D eigenvalue weighted by Crippen LogP contribution is -2.16. The molecule has 0 aliphatic carbocycles. The number of carbonyl (C=O) groups excluding carboxylic acids is 1. The monoisotopic (exact) mass is 304 g/mol. The molecular weight excluding hydrogens is 291 g/mol. The predicted molar refractivity (Wildman–Crippen MR) is 64.3 cm³/mol. The van der Waals surface area contributed by atoms with Crippen molar-refractivity contribution in [2.45, 2.75) is 13.3 Å². The number of ether oxygens (including phenoxy) is 1. The molecule has 2 nitrogen and oxygen atoms in total. The molecule has 1 atom stereocenters. The van der Waals surface area contributed by atoms with Gasteiger partial charge in [0.05, 0.1) is 5.92 Å². The highest BCUT2D eigenvalue weighted by Crippen LogP contribution is 2.09. The van der Waals surface area contributed by atoms with E-state index >= 15 is 0 Å². The second-order valence-corrected chi connectivity index (χ2v) is 3.79. The van der Waals surface area contributed by atoms with E-state index in [9.17, 15) is 4.79 Å². The quantitative estimate of drug-likeness (QED) is 0.486. The molecule has 0 bridgehead atoms. The zero-order valence-corrected chi connectivity index (χ0v) is 10.2. The molecular formula is C11H13IO2. The third-order valence-electron chi connectivity index (χ3n) is 1.98. The largest absolute Gasteiger partial charge is 0.455 e. The number of benzene rings is 1. The van der Waals surface area contributed by atoms with Gasteiger partial charge in [0.15, 0.2) is 0 Å². The van der Waals surface area contributed by atoms with Crippen molar-refractivity contribution < 1.29 is 9.53 Å². The molecule has 1 aromatic rings. The fraction of sp³-hybridized carbons (Fsp3) is 0.364. The van der Waals surface area contributed by atoms with Crippen LogP contribution >= 0.6 is 22.6 Å². The van der Waals surface area contributed by atoms with Crippen LogP contribution in [0.25, 0.3) is 0 Å². The van der Waals surface area contributed by atoms with Crippen LogP contribution in [0.5, 0.6) is 0 Å². The van der Waals surface area contributed by atoms with Crippen LogP contribution in [-0.4, -0.2) is 10.6 Å². The Bertz CT molecular complexity index is 285. The molecule has 0 saturated heterocycles. The number of hydrogen-bond donors (Lipinski definition) is 0. The second kappa shape index (κ2) is 6.01. The van der Waals surface area contributed by atoms with Crippen molar-refractivity contribution in [3.05, 3.63) is 35.9 Å². The Hall–Kier alpha value is -0.580. The van der Waals surface area contributed by atoms with Crippen LogP contribution in [0, 0.1) is 5.92 Å². The van der Waals surface area contributed by atoms with Crippen molar-refractivity contribution in [3.63, 3.8) is 0 Å². The lowest BCUT2D eigenvalue weighted by molar-refractivity contribution is -0.145. The third kappa shape index (κ3) is 3.65. The van der Waals surface area contributed by atoms with Crippen molar-refractivity contribution in [2.24, 2.45) is 5.92 Å². The number of carbonyl (C=O) groups is 1. The third-order valence-corrected chi connectivity index (χ3v) is 2.30. The van der Waals surface area contributed by atoms with Gasteiger partial charge in [0.2, 0.25) is 0 Å². The molecule has 0 radical (unpaired) electrons. The van der Waals surface area contributed by atoms with Gasteiger partial charge in [0.1, 0.15) is 4.61 Å². The van der Waals surface area contributed by atoms with Gasteiger partial charge in [0, 0.05) is 0 Å². The van der Waals surface area contributed by atoms with Gasteiger partial charge in [-0.1, -0.05) is 37.3 Å². The Kier molecular flexibility index (Phi) is 4.93. The number of alkyl halides is 1. The van der Waals surface area contributed by atoms with Gasteiger partial charge in [-0.05, 0) is 34.6 Å². The van der Waals surface area contributed by atoms with E-state index in [0.29, 0.717) is 4.61 Å². The van der Waals surface area contributed by atoms with Crippen LogP contribution in [0.15, 0.2) is 30.3 Å². The summed E-state index contributed by atoms with van der Waals surface area (Å²) in [5, 5.41) is 0. The number of hydrogen-bond acceptors (Lipinski definition) is 2. The number of esters is 1. The molecule has 0 aliphatic rings. The summed E-state index contributed by atoms with van der Waals surface area (Å²) in [4.78, 5) is 11.3. The molecule has 76 valence electrons. The van der Waals surface area contributed by atoms with Crippen molar-refractivity contribution in [1.29, 1.82) is 0 Å². The molecule has 0 heterocycles. The van der Waals surface area contributed by atoms with E-state index in [4.69, 9.17) is 4.74 Å². The van der Waals surface area contributed by atoms with Gasteiger partial charge in [0.25, 0.3) is 0 Å². The average Bonchev–Trinajstić information content (AvgIpc) is 2.19. The molecule has 14 heavy (non-hydrogen) atoms. The summed E-state index contributed by atoms with van der Waals surface area (Å²) >= 11 is 2.02. The van der Waals surface area contributed by atoms with Crippen LogP contribution in [0.1, 0.15) is 12.5 Å². The topological polar surface area (TPSA) is 26.3 Å². The van der Waals surface area contributed by atoms with Crippen LogP contribution in [0.2, 0.25) is 0 Å². The van der Waals surface area contributed by atoms with Gasteiger partial charge in [-0.2, -0.15) is 0 Å². The first-order valence-electron chi connectivity index (χ1n) is 4.50. The lowest BCUT2D eigenvalue weighted by Gasteiger charge is -2.09. The minimum atomic E-state index is -0.122. The smallest absolute Gasteiger partial charge is 0.309 e. The second-order valence-electron chi connectivity index (χ2n) is 3.16. The van der Waals surface area contributed by atoms with Crippen LogP contribution in [-0.2, 0) is 16.0 Å². The summed E-state index contributed by atoms with van der Waals surface area (Å²) in [6.45, 7) is 1.89. The molecule has 0 aromatic heterocycles. The van der Waals surface area contributed by atoms with Gasteiger partial charge < -0.3 is 4.74 Å². The van der Waals surface area contributed by atoms with Gasteiger partial charge >= 0.3 is 5.97 Å². The van der Waals surface area contributed by atoms with Gasteiger partial charge in [-0.3, -0.25) is 4.79 Å². The molecule has 0 aliphatic heterocycles. The average molecular weight is 304 g/mol. The molecule has 0 spiro atoms. The van der Waals surface area contributed by atoms with E-state index in [1.54, 1.807) is 0 Å². The summed E-state index contributed by atoms with van der Waals surface area (Å²) in [7, 11) is 0. The van der Waals surface area contributed by atoms with Gasteiger partial charge in [-0.15, -0.1) is 0 Å². The minimum absolute atomic E-state index is 0.0628. The molecule has 1 aromatic carbocycles. The van der Waals surface area contributed by atoms with Crippen LogP contribution in [0.4, 0.5) is 0 Å². The molecule has 0 amide bonds. The molecule has 1 rings (SSSR count). The maximum Gasteiger partial charge on any atom is 0.309 e. The maximum atomic E-state index is 11.3. The molecule has 0 saturated carbocycles. The van der Waals surface area contributed by atoms with Crippen LogP contribution in [0.3, 0.4) is 0 Å². The van der Waals surface area contributed by atoms with Crippen molar-refractivity contribution in [2.75, 3.05) is 4.61 Å². The molecule has 3 heteroatoms. The molecule has 0 N–H and O–H groups in total. The van der Waals surface area contributed by atoms with Crippen molar-refractivity contribution >= 4 is 28.6 Å².